The van der Waals surface area contributed by atoms with Gasteiger partial charge in [-0.25, -0.2) is 0 Å². The van der Waals surface area contributed by atoms with Crippen molar-refractivity contribution in [1.29, 1.82) is 0 Å². The first-order chi connectivity index (χ1) is 10.8. The van der Waals surface area contributed by atoms with Crippen LogP contribution >= 0.6 is 0 Å². The van der Waals surface area contributed by atoms with Crippen molar-refractivity contribution in [3.05, 3.63) is 12.2 Å². The molecule has 0 heterocycles. The third kappa shape index (κ3) is 6.07. The van der Waals surface area contributed by atoms with Crippen LogP contribution in [0.25, 0.3) is 0 Å². The van der Waals surface area contributed by atoms with Gasteiger partial charge in [0.25, 0.3) is 0 Å². The molecule has 1 nitrogen and oxygen atoms in total. The van der Waals surface area contributed by atoms with E-state index in [4.69, 9.17) is 4.74 Å². The highest BCUT2D eigenvalue weighted by atomic mass is 16.5. The lowest BCUT2D eigenvalue weighted by molar-refractivity contribution is 0.0711. The molecule has 0 aromatic rings. The van der Waals surface area contributed by atoms with Gasteiger partial charge in [0.05, 0.1) is 0 Å². The first-order valence-electron chi connectivity index (χ1n) is 10.1. The smallest absolute Gasteiger partial charge is 0.0494 e. The van der Waals surface area contributed by atoms with Gasteiger partial charge in [-0.1, -0.05) is 31.9 Å². The Kier molecular flexibility index (Phi) is 8.59. The zero-order chi connectivity index (χ0) is 15.6. The van der Waals surface area contributed by atoms with Crippen LogP contribution in [0, 0.1) is 23.7 Å². The van der Waals surface area contributed by atoms with Crippen molar-refractivity contribution in [2.24, 2.45) is 23.7 Å². The third-order valence-electron chi connectivity index (χ3n) is 6.15. The van der Waals surface area contributed by atoms with Gasteiger partial charge in [0.15, 0.2) is 0 Å². The van der Waals surface area contributed by atoms with E-state index in [1.54, 1.807) is 0 Å². The summed E-state index contributed by atoms with van der Waals surface area (Å²) in [7, 11) is 0. The summed E-state index contributed by atoms with van der Waals surface area (Å²) in [5.74, 6) is 3.97. The summed E-state index contributed by atoms with van der Waals surface area (Å²) in [5, 5.41) is 0. The lowest BCUT2D eigenvalue weighted by atomic mass is 9.69. The predicted octanol–water partition coefficient (Wildman–Crippen LogP) is 6.38. The molecule has 0 atom stereocenters. The second kappa shape index (κ2) is 10.5. The van der Waals surface area contributed by atoms with Crippen LogP contribution in [0.1, 0.15) is 84.5 Å². The first kappa shape index (κ1) is 18.0. The maximum Gasteiger partial charge on any atom is 0.0494 e. The van der Waals surface area contributed by atoms with Gasteiger partial charge in [-0.3, -0.25) is 0 Å². The summed E-state index contributed by atoms with van der Waals surface area (Å²) in [5.41, 5.74) is 0. The third-order valence-corrected chi connectivity index (χ3v) is 6.15. The largest absolute Gasteiger partial charge is 0.381 e. The molecule has 0 amide bonds. The molecule has 22 heavy (non-hydrogen) atoms. The maximum absolute atomic E-state index is 5.62. The number of hydrogen-bond acceptors (Lipinski definition) is 1. The van der Waals surface area contributed by atoms with Crippen molar-refractivity contribution in [1.82, 2.24) is 0 Å². The molecule has 2 aliphatic rings. The molecule has 2 aliphatic carbocycles. The Hall–Kier alpha value is -0.300. The second-order valence-corrected chi connectivity index (χ2v) is 7.68. The molecular formula is C21H38O. The molecule has 2 fully saturated rings. The van der Waals surface area contributed by atoms with Gasteiger partial charge in [0, 0.05) is 13.2 Å². The summed E-state index contributed by atoms with van der Waals surface area (Å²) < 4.78 is 5.62. The van der Waals surface area contributed by atoms with Crippen LogP contribution in [-0.2, 0) is 4.74 Å². The standard InChI is InChI=1S/C21H38O/c1-3-5-6-7-8-18-9-13-20(14-10-18)21-15-11-19(12-16-21)17-22-4-2/h5-6,18-21H,3-4,7-17H2,1-2H3/b6-5+/t18-,19?,20-,21?. The van der Waals surface area contributed by atoms with E-state index in [1.807, 2.05) is 0 Å². The molecule has 0 spiro atoms. The Morgan fingerprint density at radius 1 is 0.773 bits per heavy atom. The minimum Gasteiger partial charge on any atom is -0.381 e. The van der Waals surface area contributed by atoms with Crippen LogP contribution in [0.3, 0.4) is 0 Å². The molecule has 0 unspecified atom stereocenters. The molecule has 1 heteroatoms. The molecule has 0 bridgehead atoms. The number of allylic oxidation sites excluding steroid dienone is 2. The molecule has 128 valence electrons. The van der Waals surface area contributed by atoms with Crippen LogP contribution in [0.5, 0.6) is 0 Å². The average Bonchev–Trinajstić information content (AvgIpc) is 2.58. The minimum atomic E-state index is 0.859. The van der Waals surface area contributed by atoms with Gasteiger partial charge in [0.1, 0.15) is 0 Å². The molecule has 2 saturated carbocycles. The van der Waals surface area contributed by atoms with Crippen molar-refractivity contribution in [2.75, 3.05) is 13.2 Å². The molecule has 0 radical (unpaired) electrons. The van der Waals surface area contributed by atoms with Gasteiger partial charge in [0.2, 0.25) is 0 Å². The maximum atomic E-state index is 5.62. The second-order valence-electron chi connectivity index (χ2n) is 7.68. The summed E-state index contributed by atoms with van der Waals surface area (Å²) in [6.45, 7) is 6.24. The molecule has 0 saturated heterocycles. The Bertz CT molecular complexity index is 293. The highest BCUT2D eigenvalue weighted by molar-refractivity contribution is 4.84. The zero-order valence-corrected chi connectivity index (χ0v) is 15.1. The Morgan fingerprint density at radius 3 is 1.91 bits per heavy atom. The summed E-state index contributed by atoms with van der Waals surface area (Å²) in [6, 6.07) is 0. The monoisotopic (exact) mass is 306 g/mol. The first-order valence-corrected chi connectivity index (χ1v) is 10.1. The van der Waals surface area contributed by atoms with Crippen LogP contribution in [0.4, 0.5) is 0 Å². The molecule has 2 rings (SSSR count). The van der Waals surface area contributed by atoms with E-state index in [-0.39, 0.29) is 0 Å². The van der Waals surface area contributed by atoms with E-state index >= 15 is 0 Å². The lowest BCUT2D eigenvalue weighted by Gasteiger charge is -2.37. The van der Waals surface area contributed by atoms with Gasteiger partial charge >= 0.3 is 0 Å². The predicted molar refractivity (Wildman–Crippen MR) is 96.1 cm³/mol. The summed E-state index contributed by atoms with van der Waals surface area (Å²) >= 11 is 0. The van der Waals surface area contributed by atoms with Crippen molar-refractivity contribution in [2.45, 2.75) is 84.5 Å². The fourth-order valence-electron chi connectivity index (χ4n) is 4.68. The molecule has 0 aromatic carbocycles. The van der Waals surface area contributed by atoms with E-state index in [1.165, 1.54) is 70.6 Å². The van der Waals surface area contributed by atoms with Gasteiger partial charge in [-0.15, -0.1) is 0 Å². The fourth-order valence-corrected chi connectivity index (χ4v) is 4.68. The van der Waals surface area contributed by atoms with Crippen molar-refractivity contribution >= 4 is 0 Å². The Labute approximate surface area is 138 Å². The van der Waals surface area contributed by atoms with E-state index in [0.29, 0.717) is 0 Å². The zero-order valence-electron chi connectivity index (χ0n) is 15.1. The lowest BCUT2D eigenvalue weighted by Crippen LogP contribution is -2.27. The molecule has 0 N–H and O–H groups in total. The van der Waals surface area contributed by atoms with Crippen LogP contribution in [0.2, 0.25) is 0 Å². The highest BCUT2D eigenvalue weighted by Gasteiger charge is 2.30. The number of hydrogen-bond donors (Lipinski definition) is 0. The molecule has 0 aromatic heterocycles. The highest BCUT2D eigenvalue weighted by Crippen LogP contribution is 2.42. The van der Waals surface area contributed by atoms with Gasteiger partial charge in [-0.05, 0) is 88.4 Å². The fraction of sp³-hybridized carbons (Fsp3) is 0.905. The van der Waals surface area contributed by atoms with E-state index in [2.05, 4.69) is 26.0 Å². The van der Waals surface area contributed by atoms with Crippen LogP contribution < -0.4 is 0 Å². The number of ether oxygens (including phenoxy) is 1. The topological polar surface area (TPSA) is 9.23 Å². The minimum absolute atomic E-state index is 0.859. The van der Waals surface area contributed by atoms with Crippen LogP contribution in [-0.4, -0.2) is 13.2 Å². The average molecular weight is 307 g/mol. The molecular weight excluding hydrogens is 268 g/mol. The SMILES string of the molecule is CC/C=C/CC[C@H]1CC[C@H](C2CCC(COCC)CC2)CC1. The summed E-state index contributed by atoms with van der Waals surface area (Å²) in [6.07, 6.45) is 20.5. The summed E-state index contributed by atoms with van der Waals surface area (Å²) in [4.78, 5) is 0. The van der Waals surface area contributed by atoms with Crippen molar-refractivity contribution in [3.63, 3.8) is 0 Å². The van der Waals surface area contributed by atoms with Gasteiger partial charge < -0.3 is 4.74 Å². The normalized spacial score (nSPS) is 33.4. The molecule has 0 aliphatic heterocycles. The van der Waals surface area contributed by atoms with E-state index < -0.39 is 0 Å². The Morgan fingerprint density at radius 2 is 1.36 bits per heavy atom. The van der Waals surface area contributed by atoms with Gasteiger partial charge in [-0.2, -0.15) is 0 Å². The van der Waals surface area contributed by atoms with Crippen molar-refractivity contribution in [3.8, 4) is 0 Å². The van der Waals surface area contributed by atoms with E-state index in [9.17, 15) is 0 Å². The Balaban J connectivity index is 1.60. The quantitative estimate of drug-likeness (QED) is 0.473. The van der Waals surface area contributed by atoms with Crippen LogP contribution in [0.15, 0.2) is 12.2 Å². The number of rotatable bonds is 8. The van der Waals surface area contributed by atoms with E-state index in [0.717, 1.165) is 36.9 Å². The van der Waals surface area contributed by atoms with Crippen molar-refractivity contribution < 1.29 is 4.74 Å².